The third-order valence-electron chi connectivity index (χ3n) is 9.21. The van der Waals surface area contributed by atoms with Gasteiger partial charge in [-0.2, -0.15) is 0 Å². The number of hydrogen-bond acceptors (Lipinski definition) is 6. The fourth-order valence-electron chi connectivity index (χ4n) is 6.93. The van der Waals surface area contributed by atoms with Crippen LogP contribution in [-0.2, 0) is 29.5 Å². The molecule has 1 saturated heterocycles. The van der Waals surface area contributed by atoms with Gasteiger partial charge in [0.1, 0.15) is 11.3 Å². The monoisotopic (exact) mass is 491 g/mol. The van der Waals surface area contributed by atoms with Crippen molar-refractivity contribution < 1.29 is 19.8 Å². The number of amides is 1. The van der Waals surface area contributed by atoms with Gasteiger partial charge in [0.15, 0.2) is 5.78 Å². The number of ketones is 1. The summed E-state index contributed by atoms with van der Waals surface area (Å²) in [5.41, 5.74) is 1.31. The molecule has 8 nitrogen and oxygen atoms in total. The number of aromatic hydroxyl groups is 1. The zero-order chi connectivity index (χ0) is 25.4. The van der Waals surface area contributed by atoms with Crippen LogP contribution in [0.15, 0.2) is 29.1 Å². The zero-order valence-electron chi connectivity index (χ0n) is 20.8. The van der Waals surface area contributed by atoms with Gasteiger partial charge in [0.05, 0.1) is 11.6 Å². The number of carbonyl (C=O) groups is 2. The summed E-state index contributed by atoms with van der Waals surface area (Å²) in [7, 11) is 0. The van der Waals surface area contributed by atoms with E-state index in [0.717, 1.165) is 41.9 Å². The highest BCUT2D eigenvalue weighted by molar-refractivity contribution is 5.97. The van der Waals surface area contributed by atoms with Crippen LogP contribution in [0.2, 0.25) is 0 Å². The van der Waals surface area contributed by atoms with Crippen LogP contribution in [0.5, 0.6) is 5.75 Å². The molecule has 2 bridgehead atoms. The van der Waals surface area contributed by atoms with Crippen LogP contribution in [0.4, 0.5) is 0 Å². The number of phenols is 1. The lowest BCUT2D eigenvalue weighted by Gasteiger charge is -2.63. The molecule has 0 unspecified atom stereocenters. The Kier molecular flexibility index (Phi) is 5.22. The Morgan fingerprint density at radius 2 is 2.00 bits per heavy atom. The average molecular weight is 492 g/mol. The first-order chi connectivity index (χ1) is 17.1. The van der Waals surface area contributed by atoms with E-state index in [1.165, 1.54) is 19.8 Å². The van der Waals surface area contributed by atoms with Crippen LogP contribution in [0.25, 0.3) is 0 Å². The van der Waals surface area contributed by atoms with Crippen molar-refractivity contribution in [3.63, 3.8) is 0 Å². The molecule has 8 heteroatoms. The van der Waals surface area contributed by atoms with Gasteiger partial charge in [0.25, 0.3) is 11.5 Å². The molecule has 190 valence electrons. The molecule has 2 fully saturated rings. The number of nitrogens with one attached hydrogen (secondary N) is 2. The van der Waals surface area contributed by atoms with Crippen molar-refractivity contribution in [2.24, 2.45) is 5.92 Å². The topological polar surface area (TPSA) is 123 Å². The van der Waals surface area contributed by atoms with Gasteiger partial charge in [-0.1, -0.05) is 6.07 Å². The van der Waals surface area contributed by atoms with Gasteiger partial charge in [0.2, 0.25) is 0 Å². The van der Waals surface area contributed by atoms with E-state index in [2.05, 4.69) is 15.2 Å². The number of benzene rings is 1. The van der Waals surface area contributed by atoms with E-state index in [0.29, 0.717) is 25.2 Å². The fourth-order valence-corrected chi connectivity index (χ4v) is 6.93. The van der Waals surface area contributed by atoms with Crippen molar-refractivity contribution >= 4 is 11.7 Å². The Labute approximate surface area is 209 Å². The number of carbonyl (C=O) groups excluding carboxylic acids is 2. The molecule has 4 aliphatic rings. The molecule has 0 radical (unpaired) electrons. The highest BCUT2D eigenvalue weighted by Crippen LogP contribution is 2.57. The van der Waals surface area contributed by atoms with E-state index in [1.807, 2.05) is 6.07 Å². The first-order valence-corrected chi connectivity index (χ1v) is 13.0. The van der Waals surface area contributed by atoms with Crippen molar-refractivity contribution in [2.75, 3.05) is 13.1 Å². The number of fused-ring (bicyclic) bond motifs is 2. The smallest absolute Gasteiger partial charge is 0.261 e. The lowest BCUT2D eigenvalue weighted by atomic mass is 9.49. The van der Waals surface area contributed by atoms with Gasteiger partial charge < -0.3 is 20.5 Å². The Balaban J connectivity index is 1.45. The molecule has 1 saturated carbocycles. The molecule has 1 amide bonds. The molecule has 2 aromatic rings. The summed E-state index contributed by atoms with van der Waals surface area (Å²) in [5, 5.41) is 25.6. The number of hydrogen-bond donors (Lipinski definition) is 4. The van der Waals surface area contributed by atoms with E-state index >= 15 is 0 Å². The summed E-state index contributed by atoms with van der Waals surface area (Å²) in [6.07, 6.45) is 4.63. The van der Waals surface area contributed by atoms with Crippen molar-refractivity contribution in [1.82, 2.24) is 15.2 Å². The second-order valence-corrected chi connectivity index (χ2v) is 11.4. The molecular weight excluding hydrogens is 458 g/mol. The number of rotatable bonds is 5. The SMILES string of the molecule is CC(=O)[C@H](C)NC(=O)c1cc2c([nH]c1=O)C[C@]13CCN(CC4CC4)[C@H](Cc4ccc(O)cc41)[C@]3(O)C2. The van der Waals surface area contributed by atoms with E-state index in [9.17, 15) is 24.6 Å². The number of nitrogens with zero attached hydrogens (tertiary/aromatic N) is 1. The maximum atomic E-state index is 13.0. The van der Waals surface area contributed by atoms with E-state index in [1.54, 1.807) is 25.1 Å². The number of piperidine rings is 1. The van der Waals surface area contributed by atoms with Crippen molar-refractivity contribution in [1.29, 1.82) is 0 Å². The van der Waals surface area contributed by atoms with Crippen LogP contribution in [0.3, 0.4) is 0 Å². The number of aromatic amines is 1. The molecule has 0 spiro atoms. The Hall–Kier alpha value is -2.97. The first kappa shape index (κ1) is 23.4. The minimum Gasteiger partial charge on any atom is -0.508 e. The van der Waals surface area contributed by atoms with Crippen LogP contribution in [0, 0.1) is 5.92 Å². The standard InChI is InChI=1S/C28H33N3O5/c1-15(16(2)32)29-25(34)21-9-19-12-28(36)24-10-18-5-6-20(33)11-22(18)27(28,13-23(19)30-26(21)35)7-8-31(24)14-17-3-4-17/h5-6,9,11,15,17,24,33,36H,3-4,7-8,10,12-14H2,1-2H3,(H,29,34)(H,30,35)/t15-,24+,27+,28+/m0/s1. The van der Waals surface area contributed by atoms with Gasteiger partial charge in [-0.3, -0.25) is 19.3 Å². The molecule has 1 aliphatic heterocycles. The summed E-state index contributed by atoms with van der Waals surface area (Å²) in [4.78, 5) is 42.8. The Bertz CT molecular complexity index is 1330. The normalized spacial score (nSPS) is 29.5. The Morgan fingerprint density at radius 1 is 1.22 bits per heavy atom. The third kappa shape index (κ3) is 3.45. The van der Waals surface area contributed by atoms with Gasteiger partial charge >= 0.3 is 0 Å². The van der Waals surface area contributed by atoms with Gasteiger partial charge in [-0.05, 0) is 86.9 Å². The number of likely N-dealkylation sites (tertiary alicyclic amines) is 1. The van der Waals surface area contributed by atoms with Crippen LogP contribution >= 0.6 is 0 Å². The lowest BCUT2D eigenvalue weighted by molar-refractivity contribution is -0.152. The van der Waals surface area contributed by atoms with Gasteiger partial charge in [-0.15, -0.1) is 0 Å². The second-order valence-electron chi connectivity index (χ2n) is 11.4. The van der Waals surface area contributed by atoms with Gasteiger partial charge in [-0.25, -0.2) is 0 Å². The highest BCUT2D eigenvalue weighted by atomic mass is 16.3. The highest BCUT2D eigenvalue weighted by Gasteiger charge is 2.64. The molecule has 3 aliphatic carbocycles. The van der Waals surface area contributed by atoms with Crippen LogP contribution in [0.1, 0.15) is 65.9 Å². The number of aromatic nitrogens is 1. The Morgan fingerprint density at radius 3 is 2.72 bits per heavy atom. The molecule has 2 heterocycles. The average Bonchev–Trinajstić information content (AvgIpc) is 3.63. The number of aliphatic hydroxyl groups is 1. The minimum atomic E-state index is -1.10. The van der Waals surface area contributed by atoms with E-state index in [-0.39, 0.29) is 23.1 Å². The van der Waals surface area contributed by atoms with Crippen LogP contribution in [-0.4, -0.2) is 62.6 Å². The van der Waals surface area contributed by atoms with E-state index < -0.39 is 28.5 Å². The van der Waals surface area contributed by atoms with E-state index in [4.69, 9.17) is 0 Å². The minimum absolute atomic E-state index is 0.0461. The quantitative estimate of drug-likeness (QED) is 0.504. The first-order valence-electron chi connectivity index (χ1n) is 13.0. The van der Waals surface area contributed by atoms with Gasteiger partial charge in [0, 0.05) is 36.5 Å². The summed E-state index contributed by atoms with van der Waals surface area (Å²) in [6.45, 7) is 4.82. The summed E-state index contributed by atoms with van der Waals surface area (Å²) < 4.78 is 0. The van der Waals surface area contributed by atoms with Crippen LogP contribution < -0.4 is 10.9 Å². The van der Waals surface area contributed by atoms with Crippen molar-refractivity contribution in [3.8, 4) is 5.75 Å². The lowest BCUT2D eigenvalue weighted by Crippen LogP contribution is -2.74. The maximum absolute atomic E-state index is 13.0. The molecule has 1 aromatic carbocycles. The number of H-pyrrole nitrogens is 1. The second kappa shape index (κ2) is 8.02. The predicted molar refractivity (Wildman–Crippen MR) is 133 cm³/mol. The molecular formula is C28H33N3O5. The fraction of sp³-hybridized carbons (Fsp3) is 0.536. The number of phenolic OH excluding ortho intramolecular Hbond substituents is 1. The zero-order valence-corrected chi connectivity index (χ0v) is 20.8. The molecule has 4 atom stereocenters. The van der Waals surface area contributed by atoms with Crippen molar-refractivity contribution in [2.45, 2.75) is 75.5 Å². The summed E-state index contributed by atoms with van der Waals surface area (Å²) >= 11 is 0. The maximum Gasteiger partial charge on any atom is 0.261 e. The number of pyridine rings is 1. The largest absolute Gasteiger partial charge is 0.508 e. The molecule has 6 rings (SSSR count). The molecule has 1 aromatic heterocycles. The number of Topliss-reactive ketones (excluding diaryl/α,β-unsaturated/α-hetero) is 1. The summed E-state index contributed by atoms with van der Waals surface area (Å²) in [6, 6.07) is 6.30. The predicted octanol–water partition coefficient (Wildman–Crippen LogP) is 1.60. The third-order valence-corrected chi connectivity index (χ3v) is 9.21. The van der Waals surface area contributed by atoms with Crippen molar-refractivity contribution in [3.05, 3.63) is 62.6 Å². The molecule has 4 N–H and O–H groups in total. The summed E-state index contributed by atoms with van der Waals surface area (Å²) in [5.74, 6) is 0.0773. The molecule has 36 heavy (non-hydrogen) atoms.